The second kappa shape index (κ2) is 5.90. The molecule has 1 heterocycles. The van der Waals surface area contributed by atoms with Crippen molar-refractivity contribution in [3.05, 3.63) is 5.82 Å². The summed E-state index contributed by atoms with van der Waals surface area (Å²) in [5.41, 5.74) is 0. The zero-order valence-electron chi connectivity index (χ0n) is 12.0. The fraction of sp³-hybridized carbons (Fsp3) is 0.692. The summed E-state index contributed by atoms with van der Waals surface area (Å²) in [7, 11) is 0. The van der Waals surface area contributed by atoms with E-state index >= 15 is 0 Å². The zero-order chi connectivity index (χ0) is 14.7. The number of tetrazole rings is 1. The number of hydrogen-bond donors (Lipinski definition) is 2. The van der Waals surface area contributed by atoms with Crippen molar-refractivity contribution < 1.29 is 4.79 Å². The van der Waals surface area contributed by atoms with Crippen LogP contribution in [-0.2, 0) is 0 Å². The summed E-state index contributed by atoms with van der Waals surface area (Å²) < 4.78 is 1.78. The first-order valence-electron chi connectivity index (χ1n) is 6.83. The standard InChI is InChI=1S/C13H20N6O/c1-5-11(8(2)3)15-13(20)14-9(4)12-16-17-18-19(12)10-6-7-10/h1,8-11H,6-7H2,2-4H3,(H2,14,15,20). The molecule has 1 aromatic rings. The fourth-order valence-electron chi connectivity index (χ4n) is 1.91. The molecule has 2 amide bonds. The second-order valence-corrected chi connectivity index (χ2v) is 5.44. The quantitative estimate of drug-likeness (QED) is 0.787. The average molecular weight is 276 g/mol. The van der Waals surface area contributed by atoms with Crippen molar-refractivity contribution in [1.82, 2.24) is 30.8 Å². The first-order valence-corrected chi connectivity index (χ1v) is 6.83. The third-order valence-electron chi connectivity index (χ3n) is 3.28. The van der Waals surface area contributed by atoms with E-state index in [9.17, 15) is 4.79 Å². The van der Waals surface area contributed by atoms with Gasteiger partial charge >= 0.3 is 6.03 Å². The first-order chi connectivity index (χ1) is 9.52. The number of rotatable bonds is 5. The highest BCUT2D eigenvalue weighted by atomic mass is 16.2. The van der Waals surface area contributed by atoms with Gasteiger partial charge in [0.1, 0.15) is 0 Å². The highest BCUT2D eigenvalue weighted by molar-refractivity contribution is 5.75. The molecule has 2 N–H and O–H groups in total. The van der Waals surface area contributed by atoms with E-state index in [0.717, 1.165) is 12.8 Å². The third kappa shape index (κ3) is 3.26. The van der Waals surface area contributed by atoms with E-state index < -0.39 is 0 Å². The molecule has 0 aromatic carbocycles. The lowest BCUT2D eigenvalue weighted by Crippen LogP contribution is -2.44. The summed E-state index contributed by atoms with van der Waals surface area (Å²) in [5, 5.41) is 17.2. The summed E-state index contributed by atoms with van der Waals surface area (Å²) in [4.78, 5) is 11.9. The van der Waals surface area contributed by atoms with Crippen LogP contribution < -0.4 is 10.6 Å². The number of nitrogens with zero attached hydrogens (tertiary/aromatic N) is 4. The maximum Gasteiger partial charge on any atom is 0.316 e. The van der Waals surface area contributed by atoms with Gasteiger partial charge in [-0.25, -0.2) is 9.48 Å². The first kappa shape index (κ1) is 14.3. The Morgan fingerprint density at radius 3 is 2.65 bits per heavy atom. The van der Waals surface area contributed by atoms with Gasteiger partial charge in [-0.15, -0.1) is 11.5 Å². The van der Waals surface area contributed by atoms with Crippen molar-refractivity contribution in [2.75, 3.05) is 0 Å². The van der Waals surface area contributed by atoms with Crippen LogP contribution in [0.4, 0.5) is 4.79 Å². The lowest BCUT2D eigenvalue weighted by molar-refractivity contribution is 0.233. The van der Waals surface area contributed by atoms with Crippen LogP contribution in [0.15, 0.2) is 0 Å². The lowest BCUT2D eigenvalue weighted by Gasteiger charge is -2.19. The van der Waals surface area contributed by atoms with E-state index in [2.05, 4.69) is 32.1 Å². The number of urea groups is 1. The van der Waals surface area contributed by atoms with E-state index in [1.165, 1.54) is 0 Å². The van der Waals surface area contributed by atoms with Crippen molar-refractivity contribution in [2.45, 2.75) is 51.7 Å². The van der Waals surface area contributed by atoms with Crippen LogP contribution in [0.25, 0.3) is 0 Å². The highest BCUT2D eigenvalue weighted by Gasteiger charge is 2.30. The van der Waals surface area contributed by atoms with Crippen LogP contribution in [0.2, 0.25) is 0 Å². The Labute approximate surface area is 118 Å². The van der Waals surface area contributed by atoms with Gasteiger partial charge in [-0.05, 0) is 36.1 Å². The predicted molar refractivity (Wildman–Crippen MR) is 73.6 cm³/mol. The van der Waals surface area contributed by atoms with E-state index in [-0.39, 0.29) is 24.0 Å². The summed E-state index contributed by atoms with van der Waals surface area (Å²) in [6, 6.07) is -0.487. The molecule has 108 valence electrons. The minimum Gasteiger partial charge on any atom is -0.328 e. The second-order valence-electron chi connectivity index (χ2n) is 5.44. The largest absolute Gasteiger partial charge is 0.328 e. The summed E-state index contributed by atoms with van der Waals surface area (Å²) in [5.74, 6) is 3.41. The molecule has 1 saturated carbocycles. The molecular formula is C13H20N6O. The van der Waals surface area contributed by atoms with Gasteiger partial charge in [-0.1, -0.05) is 19.8 Å². The molecule has 1 aliphatic carbocycles. The number of hydrogen-bond acceptors (Lipinski definition) is 4. The van der Waals surface area contributed by atoms with Crippen LogP contribution in [0, 0.1) is 18.3 Å². The van der Waals surface area contributed by atoms with E-state index in [1.807, 2.05) is 20.8 Å². The molecule has 2 unspecified atom stereocenters. The Hall–Kier alpha value is -2.10. The van der Waals surface area contributed by atoms with Crippen molar-refractivity contribution in [3.8, 4) is 12.3 Å². The topological polar surface area (TPSA) is 84.7 Å². The molecule has 0 radical (unpaired) electrons. The summed E-state index contributed by atoms with van der Waals surface area (Å²) >= 11 is 0. The van der Waals surface area contributed by atoms with Gasteiger partial charge in [-0.2, -0.15) is 0 Å². The van der Waals surface area contributed by atoms with E-state index in [1.54, 1.807) is 4.68 Å². The molecule has 0 saturated heterocycles. The smallest absolute Gasteiger partial charge is 0.316 e. The highest BCUT2D eigenvalue weighted by Crippen LogP contribution is 2.35. The lowest BCUT2D eigenvalue weighted by atomic mass is 10.1. The van der Waals surface area contributed by atoms with Crippen LogP contribution >= 0.6 is 0 Å². The van der Waals surface area contributed by atoms with Gasteiger partial charge in [-0.3, -0.25) is 0 Å². The van der Waals surface area contributed by atoms with Gasteiger partial charge in [0.05, 0.1) is 18.1 Å². The van der Waals surface area contributed by atoms with Crippen molar-refractivity contribution in [3.63, 3.8) is 0 Å². The monoisotopic (exact) mass is 276 g/mol. The van der Waals surface area contributed by atoms with Gasteiger partial charge in [0, 0.05) is 0 Å². The van der Waals surface area contributed by atoms with E-state index in [4.69, 9.17) is 6.42 Å². The predicted octanol–water partition coefficient (Wildman–Crippen LogP) is 1.03. The van der Waals surface area contributed by atoms with Crippen LogP contribution in [-0.4, -0.2) is 32.3 Å². The Kier molecular flexibility index (Phi) is 4.23. The molecule has 20 heavy (non-hydrogen) atoms. The van der Waals surface area contributed by atoms with Gasteiger partial charge in [0.2, 0.25) is 0 Å². The van der Waals surface area contributed by atoms with Crippen molar-refractivity contribution in [1.29, 1.82) is 0 Å². The van der Waals surface area contributed by atoms with Gasteiger partial charge < -0.3 is 10.6 Å². The maximum absolute atomic E-state index is 11.9. The molecular weight excluding hydrogens is 256 g/mol. The molecule has 7 heteroatoms. The number of terminal acetylenes is 1. The molecule has 2 atom stereocenters. The molecule has 0 aliphatic heterocycles. The van der Waals surface area contributed by atoms with Crippen molar-refractivity contribution in [2.24, 2.45) is 5.92 Å². The number of nitrogens with one attached hydrogen (secondary N) is 2. The Bertz CT molecular complexity index is 513. The zero-order valence-corrected chi connectivity index (χ0v) is 12.0. The Balaban J connectivity index is 1.93. The summed E-state index contributed by atoms with van der Waals surface area (Å²) in [6.45, 7) is 5.77. The molecule has 1 aromatic heterocycles. The molecule has 0 bridgehead atoms. The minimum absolute atomic E-state index is 0.179. The molecule has 0 spiro atoms. The van der Waals surface area contributed by atoms with Crippen LogP contribution in [0.3, 0.4) is 0 Å². The van der Waals surface area contributed by atoms with Gasteiger partial charge in [0.25, 0.3) is 0 Å². The SMILES string of the molecule is C#CC(NC(=O)NC(C)c1nnnn1C1CC1)C(C)C. The fourth-order valence-corrected chi connectivity index (χ4v) is 1.91. The summed E-state index contributed by atoms with van der Waals surface area (Å²) in [6.07, 6.45) is 7.56. The third-order valence-corrected chi connectivity index (χ3v) is 3.28. The number of aromatic nitrogens is 4. The molecule has 1 fully saturated rings. The number of carbonyl (C=O) groups is 1. The number of carbonyl (C=O) groups excluding carboxylic acids is 1. The van der Waals surface area contributed by atoms with E-state index in [0.29, 0.717) is 11.9 Å². The Morgan fingerprint density at radius 1 is 1.40 bits per heavy atom. The van der Waals surface area contributed by atoms with Gasteiger partial charge in [0.15, 0.2) is 5.82 Å². The minimum atomic E-state index is -0.306. The van der Waals surface area contributed by atoms with Crippen molar-refractivity contribution >= 4 is 6.03 Å². The average Bonchev–Trinajstić information content (AvgIpc) is 3.12. The molecule has 7 nitrogen and oxygen atoms in total. The molecule has 2 rings (SSSR count). The maximum atomic E-state index is 11.9. The molecule has 1 aliphatic rings. The Morgan fingerprint density at radius 2 is 2.10 bits per heavy atom. The van der Waals surface area contributed by atoms with Crippen LogP contribution in [0.5, 0.6) is 0 Å². The number of amides is 2. The normalized spacial score (nSPS) is 17.4. The van der Waals surface area contributed by atoms with Crippen LogP contribution in [0.1, 0.15) is 51.5 Å².